The van der Waals surface area contributed by atoms with Crippen LogP contribution in [0.3, 0.4) is 0 Å². The van der Waals surface area contributed by atoms with Gasteiger partial charge in [0.15, 0.2) is 0 Å². The van der Waals surface area contributed by atoms with E-state index in [9.17, 15) is 0 Å². The lowest BCUT2D eigenvalue weighted by Gasteiger charge is -2.15. The average molecular weight is 252 g/mol. The van der Waals surface area contributed by atoms with E-state index in [1.54, 1.807) is 7.11 Å². The van der Waals surface area contributed by atoms with Crippen LogP contribution >= 0.6 is 0 Å². The monoisotopic (exact) mass is 252 g/mol. The van der Waals surface area contributed by atoms with Gasteiger partial charge >= 0.3 is 0 Å². The van der Waals surface area contributed by atoms with E-state index in [4.69, 9.17) is 4.74 Å². The molecule has 19 heavy (non-hydrogen) atoms. The van der Waals surface area contributed by atoms with Crippen LogP contribution in [0.1, 0.15) is 22.9 Å². The average Bonchev–Trinajstić information content (AvgIpc) is 3.13. The van der Waals surface area contributed by atoms with Gasteiger partial charge in [0, 0.05) is 23.8 Å². The molecule has 0 unspecified atom stereocenters. The first-order valence-corrected chi connectivity index (χ1v) is 6.29. The molecule has 3 nitrogen and oxygen atoms in total. The van der Waals surface area contributed by atoms with E-state index in [1.807, 2.05) is 36.7 Å². The number of hydrogen-bond acceptors (Lipinski definition) is 1. The maximum Gasteiger partial charge on any atom is 0.118 e. The molecule has 0 saturated carbocycles. The maximum absolute atomic E-state index is 5.21. The lowest BCUT2D eigenvalue weighted by atomic mass is 9.92. The lowest BCUT2D eigenvalue weighted by Crippen LogP contribution is -2.04. The fourth-order valence-electron chi connectivity index (χ4n) is 2.37. The van der Waals surface area contributed by atoms with Crippen molar-refractivity contribution < 1.29 is 4.74 Å². The van der Waals surface area contributed by atoms with Crippen LogP contribution in [-0.4, -0.2) is 17.1 Å². The summed E-state index contributed by atoms with van der Waals surface area (Å²) in [5.74, 6) is 1.07. The molecule has 3 rings (SSSR count). The fourth-order valence-corrected chi connectivity index (χ4v) is 2.37. The molecule has 0 aliphatic carbocycles. The summed E-state index contributed by atoms with van der Waals surface area (Å²) in [7, 11) is 1.68. The molecule has 0 radical (unpaired) electrons. The zero-order valence-corrected chi connectivity index (χ0v) is 10.8. The van der Waals surface area contributed by atoms with Crippen molar-refractivity contribution in [3.8, 4) is 5.75 Å². The Morgan fingerprint density at radius 3 is 1.84 bits per heavy atom. The molecule has 0 atom stereocenters. The van der Waals surface area contributed by atoms with Crippen LogP contribution in [0.25, 0.3) is 0 Å². The van der Waals surface area contributed by atoms with Crippen molar-refractivity contribution >= 4 is 0 Å². The van der Waals surface area contributed by atoms with E-state index >= 15 is 0 Å². The standard InChI is InChI=1S/C16H16N2O/c1-19-13-8-6-12(7-9-13)16(14-4-2-10-17-14)15-5-3-11-18-15/h2-11,16-18H,1H3. The molecule has 2 heterocycles. The summed E-state index contributed by atoms with van der Waals surface area (Å²) in [6, 6.07) is 16.5. The van der Waals surface area contributed by atoms with E-state index in [0.717, 1.165) is 5.75 Å². The molecule has 2 aromatic heterocycles. The number of aromatic amines is 2. The zero-order valence-electron chi connectivity index (χ0n) is 10.8. The van der Waals surface area contributed by atoms with Crippen molar-refractivity contribution in [2.45, 2.75) is 5.92 Å². The van der Waals surface area contributed by atoms with Gasteiger partial charge < -0.3 is 14.7 Å². The molecule has 0 spiro atoms. The molecule has 0 fully saturated rings. The highest BCUT2D eigenvalue weighted by Crippen LogP contribution is 2.30. The van der Waals surface area contributed by atoms with E-state index in [0.29, 0.717) is 0 Å². The van der Waals surface area contributed by atoms with Gasteiger partial charge in [0.25, 0.3) is 0 Å². The van der Waals surface area contributed by atoms with Crippen molar-refractivity contribution in [3.63, 3.8) is 0 Å². The van der Waals surface area contributed by atoms with Gasteiger partial charge in [0.2, 0.25) is 0 Å². The third-order valence-electron chi connectivity index (χ3n) is 3.32. The molecule has 0 saturated heterocycles. The van der Waals surface area contributed by atoms with Crippen LogP contribution in [0.5, 0.6) is 5.75 Å². The van der Waals surface area contributed by atoms with Gasteiger partial charge in [-0.15, -0.1) is 0 Å². The van der Waals surface area contributed by atoms with Crippen LogP contribution < -0.4 is 4.74 Å². The minimum Gasteiger partial charge on any atom is -0.497 e. The topological polar surface area (TPSA) is 40.8 Å². The predicted octanol–water partition coefficient (Wildman–Crippen LogP) is 3.53. The van der Waals surface area contributed by atoms with Crippen molar-refractivity contribution in [2.24, 2.45) is 0 Å². The molecule has 3 heteroatoms. The second kappa shape index (κ2) is 5.06. The first kappa shape index (κ1) is 11.7. The Hall–Kier alpha value is -2.42. The second-order valence-electron chi connectivity index (χ2n) is 4.46. The van der Waals surface area contributed by atoms with E-state index in [1.165, 1.54) is 17.0 Å². The Kier molecular flexibility index (Phi) is 3.11. The van der Waals surface area contributed by atoms with Crippen molar-refractivity contribution in [2.75, 3.05) is 7.11 Å². The van der Waals surface area contributed by atoms with Gasteiger partial charge in [-0.2, -0.15) is 0 Å². The van der Waals surface area contributed by atoms with Gasteiger partial charge in [-0.3, -0.25) is 0 Å². The van der Waals surface area contributed by atoms with Crippen molar-refractivity contribution in [1.82, 2.24) is 9.97 Å². The summed E-state index contributed by atoms with van der Waals surface area (Å²) in [6.45, 7) is 0. The molecule has 96 valence electrons. The Morgan fingerprint density at radius 2 is 1.42 bits per heavy atom. The molecule has 0 aliphatic rings. The predicted molar refractivity (Wildman–Crippen MR) is 75.5 cm³/mol. The molecule has 0 amide bonds. The number of H-pyrrole nitrogens is 2. The van der Waals surface area contributed by atoms with Crippen molar-refractivity contribution in [3.05, 3.63) is 77.9 Å². The molecular weight excluding hydrogens is 236 g/mol. The number of nitrogens with one attached hydrogen (secondary N) is 2. The SMILES string of the molecule is COc1ccc(C(c2ccc[nH]2)c2ccc[nH]2)cc1. The van der Waals surface area contributed by atoms with Gasteiger partial charge in [-0.05, 0) is 42.0 Å². The number of aromatic nitrogens is 2. The summed E-state index contributed by atoms with van der Waals surface area (Å²) in [5.41, 5.74) is 3.57. The molecule has 2 N–H and O–H groups in total. The first-order chi connectivity index (χ1) is 9.38. The molecular formula is C16H16N2O. The third-order valence-corrected chi connectivity index (χ3v) is 3.32. The van der Waals surface area contributed by atoms with E-state index in [2.05, 4.69) is 34.2 Å². The van der Waals surface area contributed by atoms with Crippen LogP contribution in [0.15, 0.2) is 60.9 Å². The summed E-state index contributed by atoms with van der Waals surface area (Å²) >= 11 is 0. The Morgan fingerprint density at radius 1 is 0.842 bits per heavy atom. The Bertz CT molecular complexity index is 575. The van der Waals surface area contributed by atoms with Gasteiger partial charge in [-0.1, -0.05) is 12.1 Å². The normalized spacial score (nSPS) is 10.8. The third kappa shape index (κ3) is 2.27. The summed E-state index contributed by atoms with van der Waals surface area (Å²) in [5, 5.41) is 0. The number of methoxy groups -OCH3 is 1. The summed E-state index contributed by atoms with van der Waals surface area (Å²) in [6.07, 6.45) is 3.91. The van der Waals surface area contributed by atoms with E-state index < -0.39 is 0 Å². The second-order valence-corrected chi connectivity index (χ2v) is 4.46. The van der Waals surface area contributed by atoms with Gasteiger partial charge in [0.05, 0.1) is 13.0 Å². The first-order valence-electron chi connectivity index (χ1n) is 6.29. The highest BCUT2D eigenvalue weighted by molar-refractivity contribution is 5.40. The minimum atomic E-state index is 0.191. The molecule has 1 aromatic carbocycles. The Labute approximate surface area is 112 Å². The van der Waals surface area contributed by atoms with Crippen molar-refractivity contribution in [1.29, 1.82) is 0 Å². The van der Waals surface area contributed by atoms with E-state index in [-0.39, 0.29) is 5.92 Å². The van der Waals surface area contributed by atoms with Crippen LogP contribution in [0, 0.1) is 0 Å². The fraction of sp³-hybridized carbons (Fsp3) is 0.125. The number of ether oxygens (including phenoxy) is 1. The van der Waals surface area contributed by atoms with Crippen LogP contribution in [0.2, 0.25) is 0 Å². The van der Waals surface area contributed by atoms with Gasteiger partial charge in [-0.25, -0.2) is 0 Å². The molecule has 3 aromatic rings. The zero-order chi connectivity index (χ0) is 13.1. The van der Waals surface area contributed by atoms with Crippen LogP contribution in [-0.2, 0) is 0 Å². The maximum atomic E-state index is 5.21. The molecule has 0 bridgehead atoms. The summed E-state index contributed by atoms with van der Waals surface area (Å²) < 4.78 is 5.21. The number of benzene rings is 1. The largest absolute Gasteiger partial charge is 0.497 e. The quantitative estimate of drug-likeness (QED) is 0.732. The van der Waals surface area contributed by atoms with Gasteiger partial charge in [0.1, 0.15) is 5.75 Å². The highest BCUT2D eigenvalue weighted by Gasteiger charge is 2.18. The van der Waals surface area contributed by atoms with Crippen LogP contribution in [0.4, 0.5) is 0 Å². The minimum absolute atomic E-state index is 0.191. The lowest BCUT2D eigenvalue weighted by molar-refractivity contribution is 0.414. The Balaban J connectivity index is 2.04. The number of rotatable bonds is 4. The highest BCUT2D eigenvalue weighted by atomic mass is 16.5. The number of hydrogen-bond donors (Lipinski definition) is 2. The summed E-state index contributed by atoms with van der Waals surface area (Å²) in [4.78, 5) is 6.60. The molecule has 0 aliphatic heterocycles. The smallest absolute Gasteiger partial charge is 0.118 e.